The van der Waals surface area contributed by atoms with Crippen LogP contribution in [0.2, 0.25) is 0 Å². The molecule has 0 bridgehead atoms. The molecule has 1 amide bonds. The van der Waals surface area contributed by atoms with Crippen LogP contribution in [0.5, 0.6) is 0 Å². The first-order valence-corrected chi connectivity index (χ1v) is 6.72. The summed E-state index contributed by atoms with van der Waals surface area (Å²) < 4.78 is 0.989. The molecule has 3 nitrogen and oxygen atoms in total. The monoisotopic (exact) mass is 300 g/mol. The van der Waals surface area contributed by atoms with Crippen molar-refractivity contribution in [3.05, 3.63) is 22.7 Å². The third kappa shape index (κ3) is 2.35. The Morgan fingerprint density at radius 1 is 1.56 bits per heavy atom. The summed E-state index contributed by atoms with van der Waals surface area (Å²) in [5.41, 5.74) is 6.61. The molecule has 1 atom stereocenters. The molecular weight excluding hydrogens is 288 g/mol. The summed E-state index contributed by atoms with van der Waals surface area (Å²) in [4.78, 5) is 14.5. The van der Waals surface area contributed by atoms with Crippen molar-refractivity contribution in [3.8, 4) is 0 Å². The molecule has 86 valence electrons. The number of hydrogen-bond donors (Lipinski definition) is 1. The van der Waals surface area contributed by atoms with Gasteiger partial charge in [-0.05, 0) is 24.6 Å². The lowest BCUT2D eigenvalue weighted by Gasteiger charge is -2.11. The molecule has 1 aromatic rings. The highest BCUT2D eigenvalue weighted by atomic mass is 79.9. The minimum atomic E-state index is 0.0154. The summed E-state index contributed by atoms with van der Waals surface area (Å²) in [5, 5.41) is 0.0154. The average Bonchev–Trinajstić information content (AvgIpc) is 2.55. The summed E-state index contributed by atoms with van der Waals surface area (Å²) in [7, 11) is 1.84. The van der Waals surface area contributed by atoms with Crippen molar-refractivity contribution in [1.82, 2.24) is 4.90 Å². The molecule has 1 aliphatic heterocycles. The summed E-state index contributed by atoms with van der Waals surface area (Å²) in [6.07, 6.45) is 0.895. The van der Waals surface area contributed by atoms with E-state index in [0.29, 0.717) is 0 Å². The number of rotatable bonds is 2. The van der Waals surface area contributed by atoms with E-state index in [1.807, 2.05) is 25.2 Å². The first kappa shape index (κ1) is 11.8. The lowest BCUT2D eigenvalue weighted by Crippen LogP contribution is -2.23. The largest absolute Gasteiger partial charge is 0.398 e. The Labute approximate surface area is 108 Å². The van der Waals surface area contributed by atoms with Gasteiger partial charge in [0.05, 0.1) is 5.25 Å². The van der Waals surface area contributed by atoms with E-state index in [1.165, 1.54) is 0 Å². The molecule has 2 rings (SSSR count). The second kappa shape index (κ2) is 4.67. The Bertz CT molecular complexity index is 424. The second-order valence-electron chi connectivity index (χ2n) is 3.84. The van der Waals surface area contributed by atoms with Crippen LogP contribution in [0.4, 0.5) is 5.69 Å². The number of amides is 1. The number of thioether (sulfide) groups is 1. The first-order valence-electron chi connectivity index (χ1n) is 5.04. The predicted molar refractivity (Wildman–Crippen MR) is 70.5 cm³/mol. The van der Waals surface area contributed by atoms with Crippen LogP contribution in [-0.2, 0) is 4.79 Å². The van der Waals surface area contributed by atoms with Crippen molar-refractivity contribution >= 4 is 39.3 Å². The SMILES string of the molecule is CN1CCC(Sc2cc(Br)ccc2N)C1=O. The molecule has 1 fully saturated rings. The number of nitrogens with zero attached hydrogens (tertiary/aromatic N) is 1. The second-order valence-corrected chi connectivity index (χ2v) is 6.00. The predicted octanol–water partition coefficient (Wildman–Crippen LogP) is 2.35. The van der Waals surface area contributed by atoms with Crippen molar-refractivity contribution in [2.45, 2.75) is 16.6 Å². The van der Waals surface area contributed by atoms with Gasteiger partial charge in [0.1, 0.15) is 0 Å². The molecule has 0 aromatic heterocycles. The van der Waals surface area contributed by atoms with E-state index >= 15 is 0 Å². The Balaban J connectivity index is 2.15. The Morgan fingerprint density at radius 3 is 2.94 bits per heavy atom. The zero-order valence-electron chi connectivity index (χ0n) is 8.94. The van der Waals surface area contributed by atoms with Crippen LogP contribution in [0.1, 0.15) is 6.42 Å². The first-order chi connectivity index (χ1) is 7.58. The van der Waals surface area contributed by atoms with E-state index in [1.54, 1.807) is 16.7 Å². The normalized spacial score (nSPS) is 20.5. The Hall–Kier alpha value is -0.680. The van der Waals surface area contributed by atoms with E-state index in [2.05, 4.69) is 15.9 Å². The molecule has 0 saturated carbocycles. The van der Waals surface area contributed by atoms with Crippen molar-refractivity contribution in [2.75, 3.05) is 19.3 Å². The summed E-state index contributed by atoms with van der Waals surface area (Å²) in [6.45, 7) is 0.838. The Kier molecular flexibility index (Phi) is 3.44. The quantitative estimate of drug-likeness (QED) is 0.853. The number of benzene rings is 1. The standard InChI is InChI=1S/C11H13BrN2OS/c1-14-5-4-9(11(14)15)16-10-6-7(12)2-3-8(10)13/h2-3,6,9H,4-5,13H2,1H3. The van der Waals surface area contributed by atoms with Gasteiger partial charge in [-0.1, -0.05) is 15.9 Å². The number of nitrogen functional groups attached to an aromatic ring is 1. The molecule has 16 heavy (non-hydrogen) atoms. The fourth-order valence-corrected chi connectivity index (χ4v) is 3.39. The van der Waals surface area contributed by atoms with Gasteiger partial charge >= 0.3 is 0 Å². The average molecular weight is 301 g/mol. The van der Waals surface area contributed by atoms with Gasteiger partial charge in [0.2, 0.25) is 5.91 Å². The fourth-order valence-electron chi connectivity index (χ4n) is 1.66. The minimum absolute atomic E-state index is 0.0154. The van der Waals surface area contributed by atoms with Crippen LogP contribution in [0.25, 0.3) is 0 Å². The van der Waals surface area contributed by atoms with Crippen LogP contribution in [-0.4, -0.2) is 29.6 Å². The molecule has 1 unspecified atom stereocenters. The molecule has 5 heteroatoms. The van der Waals surface area contributed by atoms with Crippen molar-refractivity contribution in [3.63, 3.8) is 0 Å². The van der Waals surface area contributed by atoms with Crippen LogP contribution < -0.4 is 5.73 Å². The molecule has 2 N–H and O–H groups in total. The molecular formula is C11H13BrN2OS. The topological polar surface area (TPSA) is 46.3 Å². The molecule has 1 aliphatic rings. The van der Waals surface area contributed by atoms with Gasteiger partial charge in [-0.3, -0.25) is 4.79 Å². The summed E-state index contributed by atoms with van der Waals surface area (Å²) in [6, 6.07) is 5.73. The highest BCUT2D eigenvalue weighted by molar-refractivity contribution is 9.10. The molecule has 0 aliphatic carbocycles. The molecule has 1 saturated heterocycles. The maximum atomic E-state index is 11.8. The van der Waals surface area contributed by atoms with Gasteiger partial charge in [-0.2, -0.15) is 0 Å². The molecule has 1 heterocycles. The lowest BCUT2D eigenvalue weighted by molar-refractivity contribution is -0.126. The summed E-state index contributed by atoms with van der Waals surface area (Å²) in [5.74, 6) is 0.198. The van der Waals surface area contributed by atoms with E-state index in [-0.39, 0.29) is 11.2 Å². The number of hydrogen-bond acceptors (Lipinski definition) is 3. The van der Waals surface area contributed by atoms with Crippen molar-refractivity contribution in [1.29, 1.82) is 0 Å². The number of halogens is 1. The number of nitrogens with two attached hydrogens (primary N) is 1. The number of anilines is 1. The van der Waals surface area contributed by atoms with Crippen molar-refractivity contribution in [2.24, 2.45) is 0 Å². The van der Waals surface area contributed by atoms with Gasteiger partial charge in [0, 0.05) is 28.6 Å². The third-order valence-electron chi connectivity index (χ3n) is 2.62. The van der Waals surface area contributed by atoms with E-state index in [9.17, 15) is 4.79 Å². The molecule has 0 radical (unpaired) electrons. The zero-order valence-corrected chi connectivity index (χ0v) is 11.3. The van der Waals surface area contributed by atoms with Gasteiger partial charge in [-0.15, -0.1) is 11.8 Å². The van der Waals surface area contributed by atoms with Gasteiger partial charge in [-0.25, -0.2) is 0 Å². The minimum Gasteiger partial charge on any atom is -0.398 e. The van der Waals surface area contributed by atoms with Crippen LogP contribution in [0.15, 0.2) is 27.6 Å². The van der Waals surface area contributed by atoms with Gasteiger partial charge in [0.15, 0.2) is 0 Å². The van der Waals surface area contributed by atoms with Crippen molar-refractivity contribution < 1.29 is 4.79 Å². The van der Waals surface area contributed by atoms with E-state index in [4.69, 9.17) is 5.73 Å². The lowest BCUT2D eigenvalue weighted by atomic mass is 10.3. The maximum absolute atomic E-state index is 11.8. The molecule has 1 aromatic carbocycles. The van der Waals surface area contributed by atoms with Crippen LogP contribution >= 0.6 is 27.7 Å². The summed E-state index contributed by atoms with van der Waals surface area (Å²) >= 11 is 4.97. The highest BCUT2D eigenvalue weighted by Gasteiger charge is 2.30. The van der Waals surface area contributed by atoms with Gasteiger partial charge < -0.3 is 10.6 Å². The van der Waals surface area contributed by atoms with Crippen LogP contribution in [0.3, 0.4) is 0 Å². The fraction of sp³-hybridized carbons (Fsp3) is 0.364. The third-order valence-corrected chi connectivity index (χ3v) is 4.45. The maximum Gasteiger partial charge on any atom is 0.235 e. The number of likely N-dealkylation sites (tertiary alicyclic amines) is 1. The number of carbonyl (C=O) groups is 1. The Morgan fingerprint density at radius 2 is 2.31 bits per heavy atom. The van der Waals surface area contributed by atoms with E-state index < -0.39 is 0 Å². The van der Waals surface area contributed by atoms with Crippen LogP contribution in [0, 0.1) is 0 Å². The molecule has 0 spiro atoms. The highest BCUT2D eigenvalue weighted by Crippen LogP contribution is 2.35. The number of carbonyl (C=O) groups excluding carboxylic acids is 1. The van der Waals surface area contributed by atoms with Gasteiger partial charge in [0.25, 0.3) is 0 Å². The zero-order chi connectivity index (χ0) is 11.7. The van der Waals surface area contributed by atoms with E-state index in [0.717, 1.165) is 28.0 Å². The smallest absolute Gasteiger partial charge is 0.235 e.